The van der Waals surface area contributed by atoms with Crippen molar-refractivity contribution in [1.82, 2.24) is 9.88 Å². The van der Waals surface area contributed by atoms with E-state index in [9.17, 15) is 4.79 Å². The number of carbonyl (C=O) groups excluding carboxylic acids is 1. The standard InChI is InChI=1S/C20H21Cl3N2O2/c1-12-6-13(2)10-25(9-12)20(26)18-5-3-4-15(24-18)11-27-19-16(22)7-14(21)8-17(19)23/h3-5,7-8,12-13H,6,9-11H2,1-2H3. The van der Waals surface area contributed by atoms with Crippen molar-refractivity contribution in [3.63, 3.8) is 0 Å². The average Bonchev–Trinajstić information content (AvgIpc) is 2.59. The molecule has 0 spiro atoms. The number of pyridine rings is 1. The summed E-state index contributed by atoms with van der Waals surface area (Å²) in [7, 11) is 0. The molecule has 4 nitrogen and oxygen atoms in total. The summed E-state index contributed by atoms with van der Waals surface area (Å²) in [5, 5.41) is 1.10. The van der Waals surface area contributed by atoms with Crippen molar-refractivity contribution in [3.8, 4) is 5.75 Å². The maximum atomic E-state index is 12.8. The zero-order valence-corrected chi connectivity index (χ0v) is 17.5. The quantitative estimate of drug-likeness (QED) is 0.625. The molecule has 1 aromatic heterocycles. The van der Waals surface area contributed by atoms with Gasteiger partial charge >= 0.3 is 0 Å². The Hall–Kier alpha value is -1.49. The van der Waals surface area contributed by atoms with Crippen LogP contribution in [-0.4, -0.2) is 28.9 Å². The van der Waals surface area contributed by atoms with Gasteiger partial charge in [-0.1, -0.05) is 54.7 Å². The highest BCUT2D eigenvalue weighted by atomic mass is 35.5. The van der Waals surface area contributed by atoms with Gasteiger partial charge in [0.15, 0.2) is 5.75 Å². The van der Waals surface area contributed by atoms with Crippen LogP contribution in [0.25, 0.3) is 0 Å². The molecule has 1 aromatic carbocycles. The fourth-order valence-corrected chi connectivity index (χ4v) is 4.41. The van der Waals surface area contributed by atoms with Gasteiger partial charge in [-0.3, -0.25) is 4.79 Å². The van der Waals surface area contributed by atoms with E-state index >= 15 is 0 Å². The molecule has 0 aliphatic carbocycles. The van der Waals surface area contributed by atoms with Crippen LogP contribution in [0.2, 0.25) is 15.1 Å². The van der Waals surface area contributed by atoms with Crippen LogP contribution in [0.1, 0.15) is 36.5 Å². The number of piperidine rings is 1. The van der Waals surface area contributed by atoms with Crippen molar-refractivity contribution in [2.45, 2.75) is 26.9 Å². The van der Waals surface area contributed by atoms with Crippen LogP contribution in [-0.2, 0) is 6.61 Å². The van der Waals surface area contributed by atoms with Crippen LogP contribution in [0.3, 0.4) is 0 Å². The smallest absolute Gasteiger partial charge is 0.272 e. The predicted octanol–water partition coefficient (Wildman–Crippen LogP) is 5.74. The van der Waals surface area contributed by atoms with E-state index in [4.69, 9.17) is 39.5 Å². The second kappa shape index (κ2) is 8.68. The lowest BCUT2D eigenvalue weighted by molar-refractivity contribution is 0.0616. The Morgan fingerprint density at radius 2 is 1.78 bits per heavy atom. The highest BCUT2D eigenvalue weighted by molar-refractivity contribution is 6.40. The number of likely N-dealkylation sites (tertiary alicyclic amines) is 1. The molecular weight excluding hydrogens is 407 g/mol. The molecule has 1 fully saturated rings. The number of benzene rings is 1. The van der Waals surface area contributed by atoms with Crippen LogP contribution in [0.4, 0.5) is 0 Å². The summed E-state index contributed by atoms with van der Waals surface area (Å²) in [6, 6.07) is 8.47. The zero-order valence-electron chi connectivity index (χ0n) is 15.2. The lowest BCUT2D eigenvalue weighted by Gasteiger charge is -2.34. The first-order valence-corrected chi connectivity index (χ1v) is 9.99. The van der Waals surface area contributed by atoms with Crippen LogP contribution < -0.4 is 4.74 Å². The maximum absolute atomic E-state index is 12.8. The van der Waals surface area contributed by atoms with E-state index in [2.05, 4.69) is 18.8 Å². The Labute approximate surface area is 174 Å². The molecule has 144 valence electrons. The van der Waals surface area contributed by atoms with Crippen molar-refractivity contribution in [2.24, 2.45) is 11.8 Å². The summed E-state index contributed by atoms with van der Waals surface area (Å²) in [5.41, 5.74) is 1.05. The van der Waals surface area contributed by atoms with Crippen LogP contribution in [0.15, 0.2) is 30.3 Å². The van der Waals surface area contributed by atoms with Gasteiger partial charge < -0.3 is 9.64 Å². The first kappa shape index (κ1) is 20.2. The number of halogens is 3. The lowest BCUT2D eigenvalue weighted by atomic mass is 9.92. The summed E-state index contributed by atoms with van der Waals surface area (Å²) >= 11 is 18.2. The Morgan fingerprint density at radius 1 is 1.15 bits per heavy atom. The van der Waals surface area contributed by atoms with Gasteiger partial charge in [0.2, 0.25) is 0 Å². The van der Waals surface area contributed by atoms with E-state index in [0.717, 1.165) is 19.5 Å². The number of rotatable bonds is 4. The number of nitrogens with zero attached hydrogens (tertiary/aromatic N) is 2. The minimum Gasteiger partial charge on any atom is -0.484 e. The molecule has 2 aromatic rings. The fraction of sp³-hybridized carbons (Fsp3) is 0.400. The van der Waals surface area contributed by atoms with Gasteiger partial charge in [-0.2, -0.15) is 0 Å². The molecule has 7 heteroatoms. The molecule has 2 unspecified atom stereocenters. The van der Waals surface area contributed by atoms with Crippen molar-refractivity contribution in [1.29, 1.82) is 0 Å². The molecule has 0 radical (unpaired) electrons. The second-order valence-corrected chi connectivity index (χ2v) is 8.41. The molecule has 0 saturated carbocycles. The van der Waals surface area contributed by atoms with Crippen LogP contribution in [0, 0.1) is 11.8 Å². The lowest BCUT2D eigenvalue weighted by Crippen LogP contribution is -2.42. The Morgan fingerprint density at radius 3 is 2.41 bits per heavy atom. The first-order valence-electron chi connectivity index (χ1n) is 8.86. The summed E-state index contributed by atoms with van der Waals surface area (Å²) in [5.74, 6) is 1.30. The third-order valence-corrected chi connectivity index (χ3v) is 5.29. The third kappa shape index (κ3) is 5.07. The van der Waals surface area contributed by atoms with Crippen molar-refractivity contribution >= 4 is 40.7 Å². The molecule has 2 heterocycles. The van der Waals surface area contributed by atoms with Gasteiger partial charge in [-0.15, -0.1) is 0 Å². The maximum Gasteiger partial charge on any atom is 0.272 e. The summed E-state index contributed by atoms with van der Waals surface area (Å²) in [6.45, 7) is 6.03. The molecular formula is C20H21Cl3N2O2. The van der Waals surface area contributed by atoms with Gasteiger partial charge in [0.25, 0.3) is 5.91 Å². The topological polar surface area (TPSA) is 42.4 Å². The minimum absolute atomic E-state index is 0.0437. The van der Waals surface area contributed by atoms with Crippen LogP contribution in [0.5, 0.6) is 5.75 Å². The van der Waals surface area contributed by atoms with E-state index in [1.807, 2.05) is 4.90 Å². The number of carbonyl (C=O) groups is 1. The molecule has 27 heavy (non-hydrogen) atoms. The van der Waals surface area contributed by atoms with E-state index in [1.54, 1.807) is 30.3 Å². The third-order valence-electron chi connectivity index (χ3n) is 4.51. The SMILES string of the molecule is CC1CC(C)CN(C(=O)c2cccc(COc3c(Cl)cc(Cl)cc3Cl)n2)C1. The summed E-state index contributed by atoms with van der Waals surface area (Å²) in [6.07, 6.45) is 1.15. The van der Waals surface area contributed by atoms with E-state index in [-0.39, 0.29) is 12.5 Å². The highest BCUT2D eigenvalue weighted by Gasteiger charge is 2.26. The number of aromatic nitrogens is 1. The first-order chi connectivity index (χ1) is 12.8. The van der Waals surface area contributed by atoms with Crippen LogP contribution >= 0.6 is 34.8 Å². The number of hydrogen-bond donors (Lipinski definition) is 0. The molecule has 1 aliphatic rings. The minimum atomic E-state index is -0.0437. The van der Waals surface area contributed by atoms with Gasteiger partial charge in [-0.05, 0) is 42.5 Å². The van der Waals surface area contributed by atoms with Gasteiger partial charge in [0.1, 0.15) is 12.3 Å². The van der Waals surface area contributed by atoms with Crippen molar-refractivity contribution in [3.05, 3.63) is 56.8 Å². The number of hydrogen-bond acceptors (Lipinski definition) is 3. The predicted molar refractivity (Wildman–Crippen MR) is 109 cm³/mol. The molecule has 0 N–H and O–H groups in total. The average molecular weight is 428 g/mol. The highest BCUT2D eigenvalue weighted by Crippen LogP contribution is 2.36. The molecule has 2 atom stereocenters. The molecule has 1 amide bonds. The molecule has 3 rings (SSSR count). The Bertz CT molecular complexity index is 811. The zero-order chi connectivity index (χ0) is 19.6. The van der Waals surface area contributed by atoms with Gasteiger partial charge in [0.05, 0.1) is 15.7 Å². The molecule has 0 bridgehead atoms. The number of ether oxygens (including phenoxy) is 1. The van der Waals surface area contributed by atoms with E-state index < -0.39 is 0 Å². The summed E-state index contributed by atoms with van der Waals surface area (Å²) < 4.78 is 5.71. The summed E-state index contributed by atoms with van der Waals surface area (Å²) in [4.78, 5) is 19.2. The van der Waals surface area contributed by atoms with Gasteiger partial charge in [0, 0.05) is 18.1 Å². The largest absolute Gasteiger partial charge is 0.484 e. The van der Waals surface area contributed by atoms with Gasteiger partial charge in [-0.25, -0.2) is 4.98 Å². The fourth-order valence-electron chi connectivity index (χ4n) is 3.48. The Balaban J connectivity index is 1.71. The monoisotopic (exact) mass is 426 g/mol. The Kier molecular flexibility index (Phi) is 6.51. The van der Waals surface area contributed by atoms with Crippen molar-refractivity contribution in [2.75, 3.05) is 13.1 Å². The second-order valence-electron chi connectivity index (χ2n) is 7.16. The van der Waals surface area contributed by atoms with E-state index in [1.165, 1.54) is 0 Å². The molecule has 1 aliphatic heterocycles. The normalized spacial score (nSPS) is 19.8. The van der Waals surface area contributed by atoms with E-state index in [0.29, 0.717) is 44.0 Å². The number of amides is 1. The van der Waals surface area contributed by atoms with Crippen molar-refractivity contribution < 1.29 is 9.53 Å². The molecule has 1 saturated heterocycles.